The minimum atomic E-state index is -3.12. The lowest BCUT2D eigenvalue weighted by Crippen LogP contribution is -2.50. The maximum Gasteiger partial charge on any atom is 0.211 e. The fourth-order valence-corrected chi connectivity index (χ4v) is 4.93. The predicted molar refractivity (Wildman–Crippen MR) is 96.2 cm³/mol. The summed E-state index contributed by atoms with van der Waals surface area (Å²) < 4.78 is 27.5. The average molecular weight is 345 g/mol. The van der Waals surface area contributed by atoms with Gasteiger partial charge >= 0.3 is 0 Å². The molecule has 1 aromatic carbocycles. The molecule has 1 N–H and O–H groups in total. The zero-order valence-corrected chi connectivity index (χ0v) is 15.2. The summed E-state index contributed by atoms with van der Waals surface area (Å²) in [6, 6.07) is 8.53. The normalized spacial score (nSPS) is 19.6. The Bertz CT molecular complexity index is 906. The number of fused-ring (bicyclic) bond motifs is 4. The van der Waals surface area contributed by atoms with E-state index in [-0.39, 0.29) is 5.54 Å². The Kier molecular flexibility index (Phi) is 3.34. The molecule has 1 spiro atoms. The third-order valence-corrected chi connectivity index (χ3v) is 6.90. The van der Waals surface area contributed by atoms with E-state index in [2.05, 4.69) is 54.2 Å². The Labute approximate surface area is 143 Å². The van der Waals surface area contributed by atoms with Crippen LogP contribution in [0.3, 0.4) is 0 Å². The Balaban J connectivity index is 1.78. The molecule has 0 unspecified atom stereocenters. The van der Waals surface area contributed by atoms with Crippen molar-refractivity contribution < 1.29 is 8.42 Å². The average Bonchev–Trinajstić information content (AvgIpc) is 3.01. The molecule has 2 aromatic rings. The van der Waals surface area contributed by atoms with Gasteiger partial charge in [0.1, 0.15) is 0 Å². The highest BCUT2D eigenvalue weighted by Gasteiger charge is 2.43. The van der Waals surface area contributed by atoms with Crippen molar-refractivity contribution in [3.63, 3.8) is 0 Å². The van der Waals surface area contributed by atoms with Crippen molar-refractivity contribution >= 4 is 15.7 Å². The fourth-order valence-electron chi connectivity index (χ4n) is 4.08. The van der Waals surface area contributed by atoms with Gasteiger partial charge in [-0.2, -0.15) is 0 Å². The van der Waals surface area contributed by atoms with Gasteiger partial charge in [0.05, 0.1) is 23.2 Å². The summed E-state index contributed by atoms with van der Waals surface area (Å²) in [4.78, 5) is 0. The van der Waals surface area contributed by atoms with E-state index >= 15 is 0 Å². The number of aryl methyl sites for hydroxylation is 1. The molecule has 1 aromatic heterocycles. The van der Waals surface area contributed by atoms with E-state index < -0.39 is 10.0 Å². The van der Waals surface area contributed by atoms with Crippen molar-refractivity contribution in [1.82, 2.24) is 8.87 Å². The molecule has 1 saturated heterocycles. The first-order valence-corrected chi connectivity index (χ1v) is 10.2. The van der Waals surface area contributed by atoms with Crippen molar-refractivity contribution in [2.24, 2.45) is 0 Å². The Hall–Kier alpha value is -1.79. The highest BCUT2D eigenvalue weighted by molar-refractivity contribution is 7.88. The lowest BCUT2D eigenvalue weighted by Gasteiger charge is -2.46. The van der Waals surface area contributed by atoms with E-state index in [0.717, 1.165) is 18.5 Å². The largest absolute Gasteiger partial charge is 0.372 e. The van der Waals surface area contributed by atoms with E-state index in [4.69, 9.17) is 0 Å². The number of aromatic nitrogens is 1. The molecule has 2 aliphatic heterocycles. The number of nitrogens with one attached hydrogen (secondary N) is 1. The number of piperidine rings is 1. The quantitative estimate of drug-likeness (QED) is 0.865. The second-order valence-corrected chi connectivity index (χ2v) is 9.02. The smallest absolute Gasteiger partial charge is 0.211 e. The molecule has 1 fully saturated rings. The lowest BCUT2D eigenvalue weighted by atomic mass is 9.82. The molecule has 24 heavy (non-hydrogen) atoms. The molecule has 3 heterocycles. The molecule has 2 aliphatic rings. The highest BCUT2D eigenvalue weighted by atomic mass is 32.2. The van der Waals surface area contributed by atoms with Gasteiger partial charge in [0, 0.05) is 25.0 Å². The van der Waals surface area contributed by atoms with Crippen LogP contribution in [0.1, 0.15) is 29.7 Å². The third-order valence-electron chi connectivity index (χ3n) is 5.60. The summed E-state index contributed by atoms with van der Waals surface area (Å²) in [5.41, 5.74) is 5.94. The summed E-state index contributed by atoms with van der Waals surface area (Å²) in [5, 5.41) is 3.75. The van der Waals surface area contributed by atoms with Crippen molar-refractivity contribution in [3.8, 4) is 5.69 Å². The first kappa shape index (κ1) is 15.7. The molecule has 5 nitrogen and oxygen atoms in total. The van der Waals surface area contributed by atoms with Crippen LogP contribution in [0.25, 0.3) is 5.69 Å². The molecule has 0 atom stereocenters. The minimum Gasteiger partial charge on any atom is -0.372 e. The summed E-state index contributed by atoms with van der Waals surface area (Å²) in [7, 11) is -3.12. The third kappa shape index (κ3) is 2.20. The van der Waals surface area contributed by atoms with E-state index in [1.54, 1.807) is 4.31 Å². The maximum atomic E-state index is 11.8. The standard InChI is InChI=1S/C18H23N3O2S/c1-13-6-7-15-17(14(13)2)21-10-4-5-16(21)18(19-15)8-11-20(12-9-18)24(3,22)23/h4-7,10,19H,8-9,11-12H2,1-3H3. The van der Waals surface area contributed by atoms with Crippen molar-refractivity contribution in [3.05, 3.63) is 47.3 Å². The summed E-state index contributed by atoms with van der Waals surface area (Å²) in [6.45, 7) is 5.39. The van der Waals surface area contributed by atoms with Gasteiger partial charge in [0.25, 0.3) is 0 Å². The Morgan fingerprint density at radius 2 is 1.83 bits per heavy atom. The Morgan fingerprint density at radius 1 is 1.12 bits per heavy atom. The van der Waals surface area contributed by atoms with Gasteiger partial charge in [-0.25, -0.2) is 12.7 Å². The minimum absolute atomic E-state index is 0.195. The Morgan fingerprint density at radius 3 is 2.50 bits per heavy atom. The second-order valence-electron chi connectivity index (χ2n) is 7.04. The van der Waals surface area contributed by atoms with Gasteiger partial charge < -0.3 is 9.88 Å². The molecule has 4 rings (SSSR count). The monoisotopic (exact) mass is 345 g/mol. The number of hydrogen-bond acceptors (Lipinski definition) is 3. The number of anilines is 1. The van der Waals surface area contributed by atoms with Crippen LogP contribution in [0.5, 0.6) is 0 Å². The van der Waals surface area contributed by atoms with Gasteiger partial charge in [-0.15, -0.1) is 0 Å². The van der Waals surface area contributed by atoms with Crippen molar-refractivity contribution in [1.29, 1.82) is 0 Å². The molecular weight excluding hydrogens is 322 g/mol. The SMILES string of the molecule is Cc1ccc2c(c1C)-n1cccc1C1(CCN(S(C)(=O)=O)CC1)N2. The fraction of sp³-hybridized carbons (Fsp3) is 0.444. The van der Waals surface area contributed by atoms with Crippen LogP contribution in [0.2, 0.25) is 0 Å². The number of sulfonamides is 1. The second kappa shape index (κ2) is 5.10. The van der Waals surface area contributed by atoms with Gasteiger partial charge in [0.2, 0.25) is 10.0 Å². The van der Waals surface area contributed by atoms with Crippen molar-refractivity contribution in [2.45, 2.75) is 32.2 Å². The molecule has 0 amide bonds. The van der Waals surface area contributed by atoms with E-state index in [1.165, 1.54) is 28.8 Å². The van der Waals surface area contributed by atoms with Crippen LogP contribution >= 0.6 is 0 Å². The number of nitrogens with zero attached hydrogens (tertiary/aromatic N) is 2. The molecule has 128 valence electrons. The van der Waals surface area contributed by atoms with Gasteiger partial charge in [0.15, 0.2) is 0 Å². The van der Waals surface area contributed by atoms with Crippen molar-refractivity contribution in [2.75, 3.05) is 24.7 Å². The molecule has 0 saturated carbocycles. The van der Waals surface area contributed by atoms with Crippen LogP contribution in [-0.2, 0) is 15.6 Å². The predicted octanol–water partition coefficient (Wildman–Crippen LogP) is 2.77. The topological polar surface area (TPSA) is 54.3 Å². The zero-order valence-electron chi connectivity index (χ0n) is 14.3. The number of rotatable bonds is 1. The number of hydrogen-bond donors (Lipinski definition) is 1. The molecule has 6 heteroatoms. The molecular formula is C18H23N3O2S. The maximum absolute atomic E-state index is 11.8. The van der Waals surface area contributed by atoms with Crippen LogP contribution in [0, 0.1) is 13.8 Å². The highest BCUT2D eigenvalue weighted by Crippen LogP contribution is 2.44. The van der Waals surface area contributed by atoms with Gasteiger partial charge in [-0.1, -0.05) is 6.07 Å². The van der Waals surface area contributed by atoms with Gasteiger partial charge in [-0.05, 0) is 56.0 Å². The molecule has 0 aliphatic carbocycles. The van der Waals surface area contributed by atoms with Crippen LogP contribution in [0.4, 0.5) is 5.69 Å². The first-order valence-electron chi connectivity index (χ1n) is 8.34. The zero-order chi connectivity index (χ0) is 17.1. The van der Waals surface area contributed by atoms with E-state index in [0.29, 0.717) is 13.1 Å². The molecule has 0 radical (unpaired) electrons. The van der Waals surface area contributed by atoms with Crippen LogP contribution < -0.4 is 5.32 Å². The number of benzene rings is 1. The first-order chi connectivity index (χ1) is 11.3. The summed E-state index contributed by atoms with van der Waals surface area (Å²) >= 11 is 0. The van der Waals surface area contributed by atoms with Crippen LogP contribution in [0.15, 0.2) is 30.5 Å². The van der Waals surface area contributed by atoms with Crippen LogP contribution in [-0.4, -0.2) is 36.6 Å². The summed E-state index contributed by atoms with van der Waals surface area (Å²) in [5.74, 6) is 0. The van der Waals surface area contributed by atoms with E-state index in [9.17, 15) is 8.42 Å². The lowest BCUT2D eigenvalue weighted by molar-refractivity contribution is 0.248. The summed E-state index contributed by atoms with van der Waals surface area (Å²) in [6.07, 6.45) is 4.96. The van der Waals surface area contributed by atoms with Gasteiger partial charge in [-0.3, -0.25) is 0 Å². The molecule has 0 bridgehead atoms. The van der Waals surface area contributed by atoms with E-state index in [1.807, 2.05) is 0 Å².